The van der Waals surface area contributed by atoms with Crippen molar-refractivity contribution in [2.24, 2.45) is 9.98 Å². The first kappa shape index (κ1) is 8.16. The van der Waals surface area contributed by atoms with Gasteiger partial charge in [-0.25, -0.2) is 0 Å². The molecule has 15 heavy (non-hydrogen) atoms. The standard InChI is InChI=1S/C13H8N2/c1-3-7-12-10(5-1)11-6-2-4-8-13(11)15-9-14-12/h1-8H. The van der Waals surface area contributed by atoms with E-state index in [-0.39, 0.29) is 0 Å². The molecule has 0 spiro atoms. The predicted molar refractivity (Wildman–Crippen MR) is 61.1 cm³/mol. The van der Waals surface area contributed by atoms with Crippen molar-refractivity contribution in [2.75, 3.05) is 0 Å². The Morgan fingerprint density at radius 1 is 0.667 bits per heavy atom. The van der Waals surface area contributed by atoms with Gasteiger partial charge in [0, 0.05) is 11.1 Å². The Bertz CT molecular complexity index is 529. The van der Waals surface area contributed by atoms with Crippen LogP contribution in [-0.2, 0) is 0 Å². The average Bonchev–Trinajstić information content (AvgIpc) is 2.48. The third kappa shape index (κ3) is 1.28. The number of para-hydroxylation sites is 2. The molecule has 0 amide bonds. The fourth-order valence-corrected chi connectivity index (χ4v) is 1.73. The monoisotopic (exact) mass is 192 g/mol. The third-order valence-electron chi connectivity index (χ3n) is 2.44. The van der Waals surface area contributed by atoms with Gasteiger partial charge in [-0.3, -0.25) is 0 Å². The first-order chi connectivity index (χ1) is 7.45. The minimum absolute atomic E-state index is 0.922. The molecule has 0 fully saturated rings. The van der Waals surface area contributed by atoms with Gasteiger partial charge >= 0.3 is 0 Å². The molecule has 2 nitrogen and oxygen atoms in total. The molecule has 3 rings (SSSR count). The molecule has 0 unspecified atom stereocenters. The van der Waals surface area contributed by atoms with Crippen LogP contribution in [0.15, 0.2) is 58.5 Å². The van der Waals surface area contributed by atoms with E-state index < -0.39 is 0 Å². The lowest BCUT2D eigenvalue weighted by molar-refractivity contribution is 1.53. The number of hydrogen-bond acceptors (Lipinski definition) is 2. The summed E-state index contributed by atoms with van der Waals surface area (Å²) in [6.07, 6.45) is 0. The van der Waals surface area contributed by atoms with E-state index in [1.54, 1.807) is 0 Å². The molecule has 0 bridgehead atoms. The lowest BCUT2D eigenvalue weighted by Crippen LogP contribution is -1.77. The highest BCUT2D eigenvalue weighted by molar-refractivity contribution is 5.87. The highest BCUT2D eigenvalue weighted by Crippen LogP contribution is 2.37. The summed E-state index contributed by atoms with van der Waals surface area (Å²) in [4.78, 5) is 8.37. The summed E-state index contributed by atoms with van der Waals surface area (Å²) in [6.45, 7) is 0. The van der Waals surface area contributed by atoms with Gasteiger partial charge in [0.2, 0.25) is 0 Å². The topological polar surface area (TPSA) is 24.7 Å². The molecule has 2 heteroatoms. The molecule has 0 saturated heterocycles. The molecule has 0 aliphatic carbocycles. The van der Waals surface area contributed by atoms with Crippen molar-refractivity contribution in [2.45, 2.75) is 0 Å². The molecule has 2 aromatic carbocycles. The molecule has 1 aliphatic rings. The fraction of sp³-hybridized carbons (Fsp3) is 0. The van der Waals surface area contributed by atoms with E-state index in [9.17, 15) is 0 Å². The minimum atomic E-state index is 0.922. The second kappa shape index (κ2) is 3.19. The van der Waals surface area contributed by atoms with Gasteiger partial charge in [0.05, 0.1) is 11.4 Å². The van der Waals surface area contributed by atoms with Crippen molar-refractivity contribution in [3.8, 4) is 11.1 Å². The number of aliphatic imine (C=N–C) groups is 2. The Hall–Kier alpha value is -2.18. The Kier molecular flexibility index (Phi) is 1.74. The molecular formula is C13H8N2. The molecular weight excluding hydrogens is 184 g/mol. The number of hydrogen-bond donors (Lipinski definition) is 0. The molecule has 0 atom stereocenters. The van der Waals surface area contributed by atoms with E-state index in [0.717, 1.165) is 22.5 Å². The minimum Gasteiger partial charge on any atom is -0.187 e. The number of benzene rings is 2. The summed E-state index contributed by atoms with van der Waals surface area (Å²) in [5.41, 5.74) is 4.07. The van der Waals surface area contributed by atoms with Crippen molar-refractivity contribution in [1.29, 1.82) is 0 Å². The zero-order chi connectivity index (χ0) is 10.1. The quantitative estimate of drug-likeness (QED) is 0.517. The summed E-state index contributed by atoms with van der Waals surface area (Å²) in [6, 6.07) is 18.7. The fourth-order valence-electron chi connectivity index (χ4n) is 1.73. The maximum atomic E-state index is 4.18. The normalized spacial score (nSPS) is 11.7. The van der Waals surface area contributed by atoms with E-state index in [4.69, 9.17) is 0 Å². The van der Waals surface area contributed by atoms with Crippen LogP contribution in [0, 0.1) is 0 Å². The van der Waals surface area contributed by atoms with Gasteiger partial charge in [-0.05, 0) is 12.1 Å². The van der Waals surface area contributed by atoms with Crippen molar-refractivity contribution in [3.05, 3.63) is 48.5 Å². The number of fused-ring (bicyclic) bond motifs is 3. The van der Waals surface area contributed by atoms with Crippen LogP contribution in [0.2, 0.25) is 0 Å². The maximum absolute atomic E-state index is 4.18. The number of nitrogens with zero attached hydrogens (tertiary/aromatic N) is 2. The lowest BCUT2D eigenvalue weighted by atomic mass is 10.0. The van der Waals surface area contributed by atoms with Crippen molar-refractivity contribution in [1.82, 2.24) is 0 Å². The molecule has 0 N–H and O–H groups in total. The van der Waals surface area contributed by atoms with Crippen molar-refractivity contribution in [3.63, 3.8) is 0 Å². The molecule has 0 aromatic heterocycles. The summed E-state index contributed by atoms with van der Waals surface area (Å²) in [5, 5.41) is 0. The molecule has 1 heterocycles. The molecule has 2 aromatic rings. The largest absolute Gasteiger partial charge is 0.187 e. The smallest absolute Gasteiger partial charge is 0.101 e. The zero-order valence-electron chi connectivity index (χ0n) is 8.01. The summed E-state index contributed by atoms with van der Waals surface area (Å²) in [7, 11) is 0. The second-order valence-corrected chi connectivity index (χ2v) is 3.36. The van der Waals surface area contributed by atoms with Gasteiger partial charge in [-0.2, -0.15) is 9.98 Å². The zero-order valence-corrected chi connectivity index (χ0v) is 8.01. The van der Waals surface area contributed by atoms with Gasteiger partial charge in [0.15, 0.2) is 0 Å². The molecule has 70 valence electrons. The van der Waals surface area contributed by atoms with Crippen molar-refractivity contribution < 1.29 is 0 Å². The van der Waals surface area contributed by atoms with Crippen molar-refractivity contribution >= 4 is 17.4 Å². The van der Waals surface area contributed by atoms with Crippen LogP contribution in [0.5, 0.6) is 0 Å². The molecule has 1 aliphatic heterocycles. The Balaban J connectivity index is 2.40. The second-order valence-electron chi connectivity index (χ2n) is 3.36. The Labute approximate surface area is 87.6 Å². The Morgan fingerprint density at radius 2 is 1.13 bits per heavy atom. The molecule has 0 radical (unpaired) electrons. The van der Waals surface area contributed by atoms with Crippen LogP contribution < -0.4 is 0 Å². The lowest BCUT2D eigenvalue weighted by Gasteiger charge is -2.04. The van der Waals surface area contributed by atoms with Crippen LogP contribution in [0.25, 0.3) is 11.1 Å². The van der Waals surface area contributed by atoms with Crippen LogP contribution >= 0.6 is 0 Å². The average molecular weight is 192 g/mol. The summed E-state index contributed by atoms with van der Waals surface area (Å²) in [5.74, 6) is 0. The SMILES string of the molecule is C1=Nc2ccccc2-c2ccccc2N=1. The summed E-state index contributed by atoms with van der Waals surface area (Å²) >= 11 is 0. The van der Waals surface area contributed by atoms with E-state index in [1.807, 2.05) is 36.4 Å². The van der Waals surface area contributed by atoms with E-state index in [0.29, 0.717) is 0 Å². The first-order valence-corrected chi connectivity index (χ1v) is 4.80. The van der Waals surface area contributed by atoms with E-state index in [1.165, 1.54) is 0 Å². The van der Waals surface area contributed by atoms with E-state index >= 15 is 0 Å². The van der Waals surface area contributed by atoms with Gasteiger partial charge < -0.3 is 0 Å². The van der Waals surface area contributed by atoms with E-state index in [2.05, 4.69) is 28.1 Å². The summed E-state index contributed by atoms with van der Waals surface area (Å²) < 4.78 is 0. The van der Waals surface area contributed by atoms with Gasteiger partial charge in [-0.1, -0.05) is 36.4 Å². The maximum Gasteiger partial charge on any atom is 0.101 e. The first-order valence-electron chi connectivity index (χ1n) is 4.80. The Morgan fingerprint density at radius 3 is 1.67 bits per heavy atom. The highest BCUT2D eigenvalue weighted by Gasteiger charge is 2.09. The van der Waals surface area contributed by atoms with Crippen LogP contribution in [0.3, 0.4) is 0 Å². The van der Waals surface area contributed by atoms with Crippen LogP contribution in [-0.4, -0.2) is 6.01 Å². The predicted octanol–water partition coefficient (Wildman–Crippen LogP) is 3.80. The van der Waals surface area contributed by atoms with Gasteiger partial charge in [0.25, 0.3) is 0 Å². The van der Waals surface area contributed by atoms with Crippen LogP contribution in [0.1, 0.15) is 0 Å². The number of rotatable bonds is 0. The van der Waals surface area contributed by atoms with Crippen LogP contribution in [0.4, 0.5) is 11.4 Å². The third-order valence-corrected chi connectivity index (χ3v) is 2.44. The van der Waals surface area contributed by atoms with Gasteiger partial charge in [0.1, 0.15) is 6.01 Å². The van der Waals surface area contributed by atoms with Gasteiger partial charge in [-0.15, -0.1) is 0 Å². The highest BCUT2D eigenvalue weighted by atomic mass is 14.8. The molecule has 0 saturated carbocycles.